The van der Waals surface area contributed by atoms with Crippen molar-refractivity contribution in [1.82, 2.24) is 25.5 Å². The molecule has 0 radical (unpaired) electrons. The van der Waals surface area contributed by atoms with Crippen molar-refractivity contribution < 1.29 is 4.79 Å². The molecule has 2 heterocycles. The van der Waals surface area contributed by atoms with E-state index < -0.39 is 0 Å². The molecule has 1 saturated carbocycles. The van der Waals surface area contributed by atoms with E-state index in [2.05, 4.69) is 25.5 Å². The molecule has 0 bridgehead atoms. The Bertz CT molecular complexity index is 596. The highest BCUT2D eigenvalue weighted by molar-refractivity contribution is 8.00. The van der Waals surface area contributed by atoms with Crippen LogP contribution in [0.3, 0.4) is 0 Å². The van der Waals surface area contributed by atoms with E-state index in [0.717, 1.165) is 18.5 Å². The number of aromatic nitrogens is 4. The third-order valence-electron chi connectivity index (χ3n) is 2.95. The molecule has 6 nitrogen and oxygen atoms in total. The normalized spacial score (nSPS) is 15.8. The molecule has 0 spiro atoms. The van der Waals surface area contributed by atoms with E-state index in [1.165, 1.54) is 11.8 Å². The second-order valence-electron chi connectivity index (χ2n) is 4.72. The lowest BCUT2D eigenvalue weighted by molar-refractivity contribution is -0.120. The van der Waals surface area contributed by atoms with E-state index in [-0.39, 0.29) is 11.2 Å². The van der Waals surface area contributed by atoms with E-state index in [9.17, 15) is 4.79 Å². The Kier molecular flexibility index (Phi) is 3.68. The summed E-state index contributed by atoms with van der Waals surface area (Å²) in [5, 5.41) is 10.3. The Morgan fingerprint density at radius 2 is 2.35 bits per heavy atom. The molecule has 0 aliphatic heterocycles. The predicted molar refractivity (Wildman–Crippen MR) is 76.1 cm³/mol. The summed E-state index contributed by atoms with van der Waals surface area (Å²) in [6, 6.07) is 5.98. The molecule has 2 aromatic heterocycles. The second-order valence-corrected chi connectivity index (χ2v) is 6.03. The van der Waals surface area contributed by atoms with Gasteiger partial charge in [0.25, 0.3) is 0 Å². The first-order chi connectivity index (χ1) is 9.72. The standard InChI is InChI=1S/C13H15N5OS/c1-8(12(19)15-9-5-6-9)20-13-16-11(17-18-13)10-4-2-3-7-14-10/h2-4,7-9H,5-6H2,1H3,(H,15,19)(H,16,17,18)/t8-/m1/s1. The van der Waals surface area contributed by atoms with Crippen molar-refractivity contribution in [3.63, 3.8) is 0 Å². The van der Waals surface area contributed by atoms with Gasteiger partial charge in [-0.3, -0.25) is 14.9 Å². The first-order valence-corrected chi connectivity index (χ1v) is 7.41. The number of rotatable bonds is 5. The number of carbonyl (C=O) groups excluding carboxylic acids is 1. The van der Waals surface area contributed by atoms with Crippen molar-refractivity contribution >= 4 is 17.7 Å². The van der Waals surface area contributed by atoms with Crippen molar-refractivity contribution in [2.75, 3.05) is 0 Å². The van der Waals surface area contributed by atoms with Gasteiger partial charge >= 0.3 is 0 Å². The summed E-state index contributed by atoms with van der Waals surface area (Å²) < 4.78 is 0. The molecule has 1 aliphatic rings. The van der Waals surface area contributed by atoms with Gasteiger partial charge in [0.2, 0.25) is 11.1 Å². The number of pyridine rings is 1. The maximum atomic E-state index is 11.9. The number of hydrogen-bond donors (Lipinski definition) is 2. The van der Waals surface area contributed by atoms with Gasteiger partial charge in [0.05, 0.1) is 5.25 Å². The molecule has 1 fully saturated rings. The van der Waals surface area contributed by atoms with E-state index in [1.54, 1.807) is 6.20 Å². The first kappa shape index (κ1) is 13.1. The van der Waals surface area contributed by atoms with Crippen LogP contribution in [0.4, 0.5) is 0 Å². The zero-order valence-corrected chi connectivity index (χ0v) is 11.9. The van der Waals surface area contributed by atoms with Gasteiger partial charge in [-0.15, -0.1) is 5.10 Å². The lowest BCUT2D eigenvalue weighted by atomic mass is 10.3. The van der Waals surface area contributed by atoms with Gasteiger partial charge < -0.3 is 5.32 Å². The summed E-state index contributed by atoms with van der Waals surface area (Å²) in [5.74, 6) is 0.657. The minimum absolute atomic E-state index is 0.0432. The fourth-order valence-corrected chi connectivity index (χ4v) is 2.41. The molecule has 2 aromatic rings. The molecule has 2 N–H and O–H groups in total. The Morgan fingerprint density at radius 1 is 1.50 bits per heavy atom. The van der Waals surface area contributed by atoms with Crippen LogP contribution in [0.1, 0.15) is 19.8 Å². The molecule has 1 aliphatic carbocycles. The molecule has 20 heavy (non-hydrogen) atoms. The van der Waals surface area contributed by atoms with Crippen molar-refractivity contribution in [1.29, 1.82) is 0 Å². The SMILES string of the molecule is C[C@@H](Sc1n[nH]c(-c2ccccn2)n1)C(=O)NC1CC1. The lowest BCUT2D eigenvalue weighted by Gasteiger charge is -2.08. The van der Waals surface area contributed by atoms with Crippen molar-refractivity contribution in [2.45, 2.75) is 36.2 Å². The van der Waals surface area contributed by atoms with Gasteiger partial charge in [0, 0.05) is 12.2 Å². The largest absolute Gasteiger partial charge is 0.352 e. The number of thioether (sulfide) groups is 1. The maximum absolute atomic E-state index is 11.9. The molecule has 1 amide bonds. The molecule has 3 rings (SSSR count). The van der Waals surface area contributed by atoms with Crippen LogP contribution in [0.15, 0.2) is 29.6 Å². The van der Waals surface area contributed by atoms with Crippen LogP contribution < -0.4 is 5.32 Å². The Labute approximate surface area is 120 Å². The predicted octanol–water partition coefficient (Wildman–Crippen LogP) is 1.63. The van der Waals surface area contributed by atoms with Crippen LogP contribution in [0.25, 0.3) is 11.5 Å². The first-order valence-electron chi connectivity index (χ1n) is 6.53. The quantitative estimate of drug-likeness (QED) is 0.817. The van der Waals surface area contributed by atoms with Crippen LogP contribution in [0, 0.1) is 0 Å². The maximum Gasteiger partial charge on any atom is 0.233 e. The third kappa shape index (κ3) is 3.16. The summed E-state index contributed by atoms with van der Waals surface area (Å²) in [6.07, 6.45) is 3.89. The van der Waals surface area contributed by atoms with Crippen LogP contribution in [-0.4, -0.2) is 37.4 Å². The number of amides is 1. The number of H-pyrrole nitrogens is 1. The Balaban J connectivity index is 1.63. The van der Waals surface area contributed by atoms with E-state index in [1.807, 2.05) is 25.1 Å². The van der Waals surface area contributed by atoms with Crippen LogP contribution >= 0.6 is 11.8 Å². The van der Waals surface area contributed by atoms with Gasteiger partial charge in [-0.1, -0.05) is 17.8 Å². The highest BCUT2D eigenvalue weighted by atomic mass is 32.2. The number of carbonyl (C=O) groups is 1. The molecular weight excluding hydrogens is 274 g/mol. The molecule has 104 valence electrons. The second kappa shape index (κ2) is 5.62. The highest BCUT2D eigenvalue weighted by Crippen LogP contribution is 2.24. The molecule has 7 heteroatoms. The van der Waals surface area contributed by atoms with Gasteiger partial charge in [-0.25, -0.2) is 0 Å². The summed E-state index contributed by atoms with van der Waals surface area (Å²) in [6.45, 7) is 1.86. The molecule has 0 unspecified atom stereocenters. The van der Waals surface area contributed by atoms with Crippen molar-refractivity contribution in [3.05, 3.63) is 24.4 Å². The average molecular weight is 289 g/mol. The van der Waals surface area contributed by atoms with E-state index >= 15 is 0 Å². The highest BCUT2D eigenvalue weighted by Gasteiger charge is 2.26. The van der Waals surface area contributed by atoms with Crippen molar-refractivity contribution in [3.8, 4) is 11.5 Å². The number of aromatic amines is 1. The van der Waals surface area contributed by atoms with Crippen LogP contribution in [-0.2, 0) is 4.79 Å². The van der Waals surface area contributed by atoms with Crippen molar-refractivity contribution in [2.24, 2.45) is 0 Å². The summed E-state index contributed by atoms with van der Waals surface area (Å²) in [4.78, 5) is 20.4. The van der Waals surface area contributed by atoms with Crippen LogP contribution in [0.5, 0.6) is 0 Å². The van der Waals surface area contributed by atoms with Gasteiger partial charge in [-0.05, 0) is 31.9 Å². The van der Waals surface area contributed by atoms with E-state index in [0.29, 0.717) is 17.0 Å². The Hall–Kier alpha value is -1.89. The molecule has 0 aromatic carbocycles. The summed E-state index contributed by atoms with van der Waals surface area (Å²) >= 11 is 1.34. The van der Waals surface area contributed by atoms with Gasteiger partial charge in [0.15, 0.2) is 5.82 Å². The minimum Gasteiger partial charge on any atom is -0.352 e. The lowest BCUT2D eigenvalue weighted by Crippen LogP contribution is -2.32. The minimum atomic E-state index is -0.206. The van der Waals surface area contributed by atoms with Gasteiger partial charge in [0.1, 0.15) is 5.69 Å². The zero-order chi connectivity index (χ0) is 13.9. The Morgan fingerprint density at radius 3 is 3.05 bits per heavy atom. The number of nitrogens with one attached hydrogen (secondary N) is 2. The third-order valence-corrected chi connectivity index (χ3v) is 3.91. The topological polar surface area (TPSA) is 83.6 Å². The fraction of sp³-hybridized carbons (Fsp3) is 0.385. The fourth-order valence-electron chi connectivity index (χ4n) is 1.67. The smallest absolute Gasteiger partial charge is 0.233 e. The summed E-state index contributed by atoms with van der Waals surface area (Å²) in [5.41, 5.74) is 0.738. The van der Waals surface area contributed by atoms with Gasteiger partial charge in [-0.2, -0.15) is 4.98 Å². The molecular formula is C13H15N5OS. The summed E-state index contributed by atoms with van der Waals surface area (Å²) in [7, 11) is 0. The zero-order valence-electron chi connectivity index (χ0n) is 11.0. The number of nitrogens with zero attached hydrogens (tertiary/aromatic N) is 3. The monoisotopic (exact) mass is 289 g/mol. The van der Waals surface area contributed by atoms with E-state index in [4.69, 9.17) is 0 Å². The molecule has 0 saturated heterocycles. The molecule has 1 atom stereocenters. The average Bonchev–Trinajstić information content (AvgIpc) is 3.16. The number of hydrogen-bond acceptors (Lipinski definition) is 5. The van der Waals surface area contributed by atoms with Crippen LogP contribution in [0.2, 0.25) is 0 Å².